The molecule has 0 radical (unpaired) electrons. The molecule has 0 amide bonds. The van der Waals surface area contributed by atoms with Crippen LogP contribution in [-0.4, -0.2) is 36.2 Å². The standard InChI is InChI=1S/C17H26N2O/c1-12-10-15(11-13(2)17(12)20)16(14-4-3-5-14)19-8-6-18-7-9-19/h10-11,14,16,18,20H,3-9H2,1-2H3/t16-/m1/s1. The molecule has 0 bridgehead atoms. The van der Waals surface area contributed by atoms with Gasteiger partial charge in [-0.25, -0.2) is 0 Å². The number of aryl methyl sites for hydroxylation is 2. The Balaban J connectivity index is 1.91. The summed E-state index contributed by atoms with van der Waals surface area (Å²) in [4.78, 5) is 2.64. The maximum Gasteiger partial charge on any atom is 0.121 e. The fourth-order valence-corrected chi connectivity index (χ4v) is 3.66. The molecule has 1 aliphatic carbocycles. The van der Waals surface area contributed by atoms with E-state index in [0.29, 0.717) is 11.8 Å². The second-order valence-electron chi connectivity index (χ2n) is 6.43. The molecule has 1 aliphatic heterocycles. The molecule has 3 heteroatoms. The summed E-state index contributed by atoms with van der Waals surface area (Å²) in [7, 11) is 0. The van der Waals surface area contributed by atoms with Crippen LogP contribution in [0.5, 0.6) is 5.75 Å². The zero-order chi connectivity index (χ0) is 14.1. The van der Waals surface area contributed by atoms with Crippen molar-refractivity contribution in [1.82, 2.24) is 10.2 Å². The predicted octanol–water partition coefficient (Wildman–Crippen LogP) is 2.76. The molecule has 20 heavy (non-hydrogen) atoms. The summed E-state index contributed by atoms with van der Waals surface area (Å²) < 4.78 is 0. The van der Waals surface area contributed by atoms with Crippen molar-refractivity contribution in [3.63, 3.8) is 0 Å². The minimum atomic E-state index is 0.460. The van der Waals surface area contributed by atoms with Gasteiger partial charge in [-0.05, 0) is 49.3 Å². The second-order valence-corrected chi connectivity index (χ2v) is 6.43. The van der Waals surface area contributed by atoms with E-state index in [4.69, 9.17) is 0 Å². The van der Waals surface area contributed by atoms with Crippen LogP contribution in [0.2, 0.25) is 0 Å². The highest BCUT2D eigenvalue weighted by molar-refractivity contribution is 5.43. The van der Waals surface area contributed by atoms with Crippen molar-refractivity contribution in [2.75, 3.05) is 26.2 Å². The number of benzene rings is 1. The maximum atomic E-state index is 10.0. The van der Waals surface area contributed by atoms with Gasteiger partial charge in [0.25, 0.3) is 0 Å². The smallest absolute Gasteiger partial charge is 0.121 e. The van der Waals surface area contributed by atoms with E-state index in [1.165, 1.54) is 24.8 Å². The molecule has 1 heterocycles. The van der Waals surface area contributed by atoms with Crippen LogP contribution in [0.1, 0.15) is 42.0 Å². The van der Waals surface area contributed by atoms with E-state index < -0.39 is 0 Å². The van der Waals surface area contributed by atoms with E-state index in [9.17, 15) is 5.11 Å². The highest BCUT2D eigenvalue weighted by Crippen LogP contribution is 2.42. The summed E-state index contributed by atoms with van der Waals surface area (Å²) >= 11 is 0. The first kappa shape index (κ1) is 13.9. The number of hydrogen-bond acceptors (Lipinski definition) is 3. The summed E-state index contributed by atoms with van der Waals surface area (Å²) in [5, 5.41) is 13.5. The number of hydrogen-bond donors (Lipinski definition) is 2. The minimum Gasteiger partial charge on any atom is -0.507 e. The average molecular weight is 274 g/mol. The Morgan fingerprint density at radius 2 is 1.75 bits per heavy atom. The van der Waals surface area contributed by atoms with Gasteiger partial charge in [0.1, 0.15) is 5.75 Å². The van der Waals surface area contributed by atoms with Gasteiger partial charge in [-0.1, -0.05) is 18.6 Å². The SMILES string of the molecule is Cc1cc([C@@H](C2CCC2)N2CCNCC2)cc(C)c1O. The van der Waals surface area contributed by atoms with E-state index in [1.54, 1.807) is 0 Å². The molecule has 0 spiro atoms. The lowest BCUT2D eigenvalue weighted by atomic mass is 9.76. The van der Waals surface area contributed by atoms with Gasteiger partial charge in [0.15, 0.2) is 0 Å². The molecule has 1 saturated heterocycles. The lowest BCUT2D eigenvalue weighted by Gasteiger charge is -2.43. The summed E-state index contributed by atoms with van der Waals surface area (Å²) in [6, 6.07) is 4.95. The molecule has 3 rings (SSSR count). The van der Waals surface area contributed by atoms with Crippen LogP contribution < -0.4 is 5.32 Å². The van der Waals surface area contributed by atoms with Crippen LogP contribution >= 0.6 is 0 Å². The number of phenols is 1. The molecule has 2 aliphatic rings. The first-order valence-electron chi connectivity index (χ1n) is 7.91. The molecule has 0 unspecified atom stereocenters. The van der Waals surface area contributed by atoms with Crippen molar-refractivity contribution in [3.05, 3.63) is 28.8 Å². The molecule has 1 saturated carbocycles. The van der Waals surface area contributed by atoms with Crippen LogP contribution in [0.3, 0.4) is 0 Å². The highest BCUT2D eigenvalue weighted by atomic mass is 16.3. The number of nitrogens with one attached hydrogen (secondary N) is 1. The van der Waals surface area contributed by atoms with Gasteiger partial charge in [0.2, 0.25) is 0 Å². The summed E-state index contributed by atoms with van der Waals surface area (Å²) in [5.41, 5.74) is 3.43. The Labute approximate surface area is 122 Å². The number of piperazine rings is 1. The van der Waals surface area contributed by atoms with Crippen LogP contribution in [0.15, 0.2) is 12.1 Å². The maximum absolute atomic E-state index is 10.0. The molecule has 110 valence electrons. The van der Waals surface area contributed by atoms with E-state index in [2.05, 4.69) is 22.3 Å². The van der Waals surface area contributed by atoms with Gasteiger partial charge in [-0.15, -0.1) is 0 Å². The predicted molar refractivity (Wildman–Crippen MR) is 82.1 cm³/mol. The monoisotopic (exact) mass is 274 g/mol. The summed E-state index contributed by atoms with van der Waals surface area (Å²) in [5.74, 6) is 1.26. The van der Waals surface area contributed by atoms with Gasteiger partial charge in [0.05, 0.1) is 0 Å². The zero-order valence-corrected chi connectivity index (χ0v) is 12.7. The Morgan fingerprint density at radius 1 is 1.15 bits per heavy atom. The third-order valence-corrected chi connectivity index (χ3v) is 5.00. The van der Waals surface area contributed by atoms with Gasteiger partial charge in [-0.2, -0.15) is 0 Å². The summed E-state index contributed by atoms with van der Waals surface area (Å²) in [6.07, 6.45) is 4.09. The van der Waals surface area contributed by atoms with Crippen molar-refractivity contribution in [2.24, 2.45) is 5.92 Å². The molecule has 0 aromatic heterocycles. The molecule has 1 aromatic carbocycles. The fraction of sp³-hybridized carbons (Fsp3) is 0.647. The van der Waals surface area contributed by atoms with Crippen LogP contribution in [-0.2, 0) is 0 Å². The van der Waals surface area contributed by atoms with Crippen molar-refractivity contribution >= 4 is 0 Å². The Morgan fingerprint density at radius 3 is 2.25 bits per heavy atom. The Bertz CT molecular complexity index is 453. The average Bonchev–Trinajstić information content (AvgIpc) is 2.40. The Hall–Kier alpha value is -1.06. The fourth-order valence-electron chi connectivity index (χ4n) is 3.66. The second kappa shape index (κ2) is 5.74. The lowest BCUT2D eigenvalue weighted by Crippen LogP contribution is -2.47. The highest BCUT2D eigenvalue weighted by Gasteiger charge is 2.33. The zero-order valence-electron chi connectivity index (χ0n) is 12.7. The quantitative estimate of drug-likeness (QED) is 0.889. The van der Waals surface area contributed by atoms with Crippen LogP contribution in [0, 0.1) is 19.8 Å². The molecule has 2 N–H and O–H groups in total. The van der Waals surface area contributed by atoms with Gasteiger partial charge >= 0.3 is 0 Å². The van der Waals surface area contributed by atoms with Gasteiger partial charge in [-0.3, -0.25) is 4.90 Å². The van der Waals surface area contributed by atoms with Crippen LogP contribution in [0.4, 0.5) is 0 Å². The summed E-state index contributed by atoms with van der Waals surface area (Å²) in [6.45, 7) is 8.50. The number of nitrogens with zero attached hydrogens (tertiary/aromatic N) is 1. The topological polar surface area (TPSA) is 35.5 Å². The molecular formula is C17H26N2O. The van der Waals surface area contributed by atoms with Crippen molar-refractivity contribution in [2.45, 2.75) is 39.2 Å². The lowest BCUT2D eigenvalue weighted by molar-refractivity contribution is 0.0836. The third kappa shape index (κ3) is 2.57. The van der Waals surface area contributed by atoms with E-state index in [1.807, 2.05) is 13.8 Å². The van der Waals surface area contributed by atoms with Gasteiger partial charge in [0, 0.05) is 32.2 Å². The first-order valence-corrected chi connectivity index (χ1v) is 7.91. The first-order chi connectivity index (χ1) is 9.66. The number of phenolic OH excluding ortho intramolecular Hbond substituents is 1. The Kier molecular flexibility index (Phi) is 3.99. The third-order valence-electron chi connectivity index (χ3n) is 5.00. The van der Waals surface area contributed by atoms with E-state index >= 15 is 0 Å². The van der Waals surface area contributed by atoms with E-state index in [-0.39, 0.29) is 0 Å². The largest absolute Gasteiger partial charge is 0.507 e. The molecular weight excluding hydrogens is 248 g/mol. The van der Waals surface area contributed by atoms with Crippen LogP contribution in [0.25, 0.3) is 0 Å². The minimum absolute atomic E-state index is 0.460. The molecule has 1 atom stereocenters. The molecule has 3 nitrogen and oxygen atoms in total. The van der Waals surface area contributed by atoms with Gasteiger partial charge < -0.3 is 10.4 Å². The van der Waals surface area contributed by atoms with Crippen molar-refractivity contribution < 1.29 is 5.11 Å². The van der Waals surface area contributed by atoms with Crippen molar-refractivity contribution in [3.8, 4) is 5.75 Å². The molecule has 1 aromatic rings. The molecule has 2 fully saturated rings. The number of rotatable bonds is 3. The normalized spacial score (nSPS) is 22.5. The van der Waals surface area contributed by atoms with Crippen molar-refractivity contribution in [1.29, 1.82) is 0 Å². The van der Waals surface area contributed by atoms with E-state index in [0.717, 1.165) is 43.2 Å². The number of aromatic hydroxyl groups is 1.